The Bertz CT molecular complexity index is 517. The Morgan fingerprint density at radius 1 is 1.26 bits per heavy atom. The molecular weight excluding hydrogens is 304 g/mol. The number of hydrogen-bond donors (Lipinski definition) is 2. The van der Waals surface area contributed by atoms with Crippen molar-refractivity contribution in [2.75, 3.05) is 26.2 Å². The number of nitrogens with zero attached hydrogens (tertiary/aromatic N) is 2. The van der Waals surface area contributed by atoms with Gasteiger partial charge in [-0.25, -0.2) is 4.99 Å². The highest BCUT2D eigenvalue weighted by Gasteiger charge is 2.33. The van der Waals surface area contributed by atoms with Crippen molar-refractivity contribution in [2.24, 2.45) is 10.9 Å². The summed E-state index contributed by atoms with van der Waals surface area (Å²) >= 11 is 1.83. The second kappa shape index (κ2) is 8.15. The molecule has 0 amide bonds. The highest BCUT2D eigenvalue weighted by Crippen LogP contribution is 2.34. The third-order valence-electron chi connectivity index (χ3n) is 4.48. The molecule has 0 bridgehead atoms. The van der Waals surface area contributed by atoms with Crippen molar-refractivity contribution in [1.29, 1.82) is 0 Å². The summed E-state index contributed by atoms with van der Waals surface area (Å²) in [6, 6.07) is 5.21. The zero-order chi connectivity index (χ0) is 16.1. The van der Waals surface area contributed by atoms with Gasteiger partial charge in [0.1, 0.15) is 0 Å². The first-order chi connectivity index (χ1) is 11.2. The minimum absolute atomic E-state index is 0.766. The van der Waals surface area contributed by atoms with Crippen LogP contribution >= 0.6 is 11.3 Å². The van der Waals surface area contributed by atoms with Crippen molar-refractivity contribution in [1.82, 2.24) is 15.5 Å². The standard InChI is InChI=1S/C18H30N4S/c1-3-19-18(21-12-17-9-4-14(2)23-17)20-10-11-22(16-7-8-16)13-15-5-6-15/h4,9,15-16H,3,5-8,10-13H2,1-2H3,(H2,19,20,21). The Labute approximate surface area is 144 Å². The van der Waals surface area contributed by atoms with E-state index < -0.39 is 0 Å². The van der Waals surface area contributed by atoms with Gasteiger partial charge in [-0.05, 0) is 57.6 Å². The Balaban J connectivity index is 1.44. The summed E-state index contributed by atoms with van der Waals surface area (Å²) in [7, 11) is 0. The topological polar surface area (TPSA) is 39.7 Å². The van der Waals surface area contributed by atoms with Crippen LogP contribution in [0.3, 0.4) is 0 Å². The van der Waals surface area contributed by atoms with Crippen LogP contribution in [0.2, 0.25) is 0 Å². The van der Waals surface area contributed by atoms with E-state index in [0.717, 1.165) is 44.1 Å². The average molecular weight is 335 g/mol. The Hall–Kier alpha value is -1.07. The fraction of sp³-hybridized carbons (Fsp3) is 0.722. The quantitative estimate of drug-likeness (QED) is 0.539. The minimum atomic E-state index is 0.766. The lowest BCUT2D eigenvalue weighted by Crippen LogP contribution is -2.42. The van der Waals surface area contributed by atoms with Gasteiger partial charge in [0.05, 0.1) is 6.54 Å². The summed E-state index contributed by atoms with van der Waals surface area (Å²) in [5.41, 5.74) is 0. The molecule has 0 aliphatic heterocycles. The molecule has 0 unspecified atom stereocenters. The van der Waals surface area contributed by atoms with E-state index in [-0.39, 0.29) is 0 Å². The van der Waals surface area contributed by atoms with Crippen LogP contribution in [0.15, 0.2) is 17.1 Å². The zero-order valence-electron chi connectivity index (χ0n) is 14.5. The lowest BCUT2D eigenvalue weighted by atomic mass is 10.3. The van der Waals surface area contributed by atoms with E-state index in [4.69, 9.17) is 4.99 Å². The van der Waals surface area contributed by atoms with Crippen LogP contribution in [0.1, 0.15) is 42.4 Å². The Morgan fingerprint density at radius 3 is 2.70 bits per heavy atom. The SMILES string of the molecule is CCNC(=NCc1ccc(C)s1)NCCN(CC1CC1)C1CC1. The molecular formula is C18H30N4S. The van der Waals surface area contributed by atoms with Gasteiger partial charge in [-0.1, -0.05) is 0 Å². The number of guanidine groups is 1. The molecule has 5 heteroatoms. The van der Waals surface area contributed by atoms with Gasteiger partial charge < -0.3 is 10.6 Å². The van der Waals surface area contributed by atoms with Crippen LogP contribution in [0, 0.1) is 12.8 Å². The van der Waals surface area contributed by atoms with E-state index in [1.807, 2.05) is 11.3 Å². The van der Waals surface area contributed by atoms with Crippen LogP contribution in [-0.2, 0) is 6.54 Å². The van der Waals surface area contributed by atoms with Crippen LogP contribution in [-0.4, -0.2) is 43.1 Å². The molecule has 2 aliphatic rings. The maximum absolute atomic E-state index is 4.71. The average Bonchev–Trinajstić information content (AvgIpc) is 3.43. The van der Waals surface area contributed by atoms with Gasteiger partial charge in [-0.3, -0.25) is 4.90 Å². The van der Waals surface area contributed by atoms with Gasteiger partial charge in [0.15, 0.2) is 5.96 Å². The van der Waals surface area contributed by atoms with E-state index in [1.165, 1.54) is 42.0 Å². The highest BCUT2D eigenvalue weighted by molar-refractivity contribution is 7.11. The van der Waals surface area contributed by atoms with Crippen molar-refractivity contribution in [3.05, 3.63) is 21.9 Å². The van der Waals surface area contributed by atoms with Gasteiger partial charge in [0, 0.05) is 42.0 Å². The van der Waals surface area contributed by atoms with Crippen LogP contribution in [0.4, 0.5) is 0 Å². The number of hydrogen-bond acceptors (Lipinski definition) is 3. The molecule has 3 rings (SSSR count). The van der Waals surface area contributed by atoms with Crippen molar-refractivity contribution >= 4 is 17.3 Å². The maximum atomic E-state index is 4.71. The number of nitrogens with one attached hydrogen (secondary N) is 2. The number of thiophene rings is 1. The Kier molecular flexibility index (Phi) is 5.95. The molecule has 0 radical (unpaired) electrons. The number of rotatable bonds is 9. The lowest BCUT2D eigenvalue weighted by molar-refractivity contribution is 0.256. The lowest BCUT2D eigenvalue weighted by Gasteiger charge is -2.22. The monoisotopic (exact) mass is 334 g/mol. The van der Waals surface area contributed by atoms with Gasteiger partial charge in [-0.2, -0.15) is 0 Å². The largest absolute Gasteiger partial charge is 0.357 e. The minimum Gasteiger partial charge on any atom is -0.357 e. The predicted octanol–water partition coefficient (Wildman–Crippen LogP) is 2.99. The molecule has 2 N–H and O–H groups in total. The van der Waals surface area contributed by atoms with Crippen molar-refractivity contribution in [3.8, 4) is 0 Å². The van der Waals surface area contributed by atoms with Gasteiger partial charge in [0.25, 0.3) is 0 Å². The summed E-state index contributed by atoms with van der Waals surface area (Å²) in [5, 5.41) is 6.86. The van der Waals surface area contributed by atoms with Crippen molar-refractivity contribution in [3.63, 3.8) is 0 Å². The molecule has 128 valence electrons. The van der Waals surface area contributed by atoms with Gasteiger partial charge in [0.2, 0.25) is 0 Å². The molecule has 0 atom stereocenters. The molecule has 0 aromatic carbocycles. The first kappa shape index (κ1) is 16.8. The molecule has 1 heterocycles. The van der Waals surface area contributed by atoms with Crippen molar-refractivity contribution in [2.45, 2.75) is 52.1 Å². The molecule has 4 nitrogen and oxygen atoms in total. The van der Waals surface area contributed by atoms with Crippen LogP contribution in [0.5, 0.6) is 0 Å². The van der Waals surface area contributed by atoms with Gasteiger partial charge in [-0.15, -0.1) is 11.3 Å². The van der Waals surface area contributed by atoms with E-state index >= 15 is 0 Å². The number of aryl methyl sites for hydroxylation is 1. The molecule has 23 heavy (non-hydrogen) atoms. The molecule has 2 fully saturated rings. The Morgan fingerprint density at radius 2 is 2.09 bits per heavy atom. The second-order valence-electron chi connectivity index (χ2n) is 6.80. The maximum Gasteiger partial charge on any atom is 0.191 e. The molecule has 0 saturated heterocycles. The third kappa shape index (κ3) is 5.81. The summed E-state index contributed by atoms with van der Waals surface area (Å²) in [5.74, 6) is 1.93. The first-order valence-electron chi connectivity index (χ1n) is 9.06. The first-order valence-corrected chi connectivity index (χ1v) is 9.87. The summed E-state index contributed by atoms with van der Waals surface area (Å²) in [6.07, 6.45) is 5.69. The van der Waals surface area contributed by atoms with Gasteiger partial charge >= 0.3 is 0 Å². The fourth-order valence-electron chi connectivity index (χ4n) is 2.88. The van der Waals surface area contributed by atoms with Crippen molar-refractivity contribution < 1.29 is 0 Å². The summed E-state index contributed by atoms with van der Waals surface area (Å²) in [4.78, 5) is 10.1. The third-order valence-corrected chi connectivity index (χ3v) is 5.46. The summed E-state index contributed by atoms with van der Waals surface area (Å²) < 4.78 is 0. The highest BCUT2D eigenvalue weighted by atomic mass is 32.1. The van der Waals surface area contributed by atoms with Crippen LogP contribution < -0.4 is 10.6 Å². The smallest absolute Gasteiger partial charge is 0.191 e. The molecule has 2 saturated carbocycles. The zero-order valence-corrected chi connectivity index (χ0v) is 15.3. The summed E-state index contributed by atoms with van der Waals surface area (Å²) in [6.45, 7) is 9.38. The van der Waals surface area contributed by atoms with E-state index in [2.05, 4.69) is 41.5 Å². The molecule has 2 aliphatic carbocycles. The predicted molar refractivity (Wildman–Crippen MR) is 99.2 cm³/mol. The molecule has 1 aromatic rings. The normalized spacial score (nSPS) is 18.5. The van der Waals surface area contributed by atoms with E-state index in [9.17, 15) is 0 Å². The fourth-order valence-corrected chi connectivity index (χ4v) is 3.70. The number of aliphatic imine (C=N–C) groups is 1. The van der Waals surface area contributed by atoms with E-state index in [0.29, 0.717) is 0 Å². The molecule has 1 aromatic heterocycles. The molecule has 0 spiro atoms. The second-order valence-corrected chi connectivity index (χ2v) is 8.18. The van der Waals surface area contributed by atoms with E-state index in [1.54, 1.807) is 0 Å². The van der Waals surface area contributed by atoms with Crippen LogP contribution in [0.25, 0.3) is 0 Å².